The average Bonchev–Trinajstić information content (AvgIpc) is 2.98. The normalized spacial score (nSPS) is 47.7. The minimum atomic E-state index is -0.259. The third-order valence-corrected chi connectivity index (χ3v) is 9.50. The van der Waals surface area contributed by atoms with Gasteiger partial charge in [0.25, 0.3) is 0 Å². The molecule has 0 unspecified atom stereocenters. The Kier molecular flexibility index (Phi) is 5.08. The zero-order valence-electron chi connectivity index (χ0n) is 17.4. The summed E-state index contributed by atoms with van der Waals surface area (Å²) in [6.45, 7) is 7.51. The van der Waals surface area contributed by atoms with E-state index in [1.807, 2.05) is 6.08 Å². The number of carbonyl (C=O) groups is 1. The summed E-state index contributed by atoms with van der Waals surface area (Å²) < 4.78 is 0. The highest BCUT2D eigenvalue weighted by Crippen LogP contribution is 2.66. The van der Waals surface area contributed by atoms with Gasteiger partial charge in [0.05, 0.1) is 6.10 Å². The lowest BCUT2D eigenvalue weighted by atomic mass is 9.46. The van der Waals surface area contributed by atoms with Crippen molar-refractivity contribution in [2.75, 3.05) is 6.61 Å². The molecule has 0 aromatic heterocycles. The molecule has 0 saturated heterocycles. The van der Waals surface area contributed by atoms with Crippen molar-refractivity contribution in [1.29, 1.82) is 0 Å². The van der Waals surface area contributed by atoms with E-state index < -0.39 is 0 Å². The third-order valence-electron chi connectivity index (χ3n) is 9.50. The fraction of sp³-hybridized carbons (Fsp3) is 0.875. The van der Waals surface area contributed by atoms with Crippen molar-refractivity contribution in [2.24, 2.45) is 40.4 Å². The second-order valence-corrected chi connectivity index (χ2v) is 10.7. The topological polar surface area (TPSA) is 57.5 Å². The van der Waals surface area contributed by atoms with Crippen LogP contribution in [-0.4, -0.2) is 28.7 Å². The lowest BCUT2D eigenvalue weighted by molar-refractivity contribution is -0.135. The summed E-state index contributed by atoms with van der Waals surface area (Å²) in [7, 11) is 0. The Labute approximate surface area is 164 Å². The number of aliphatic hydroxyl groups is 2. The van der Waals surface area contributed by atoms with Gasteiger partial charge in [-0.3, -0.25) is 4.79 Å². The van der Waals surface area contributed by atoms with E-state index in [4.69, 9.17) is 0 Å². The van der Waals surface area contributed by atoms with Gasteiger partial charge < -0.3 is 10.2 Å². The molecule has 3 saturated carbocycles. The summed E-state index contributed by atoms with van der Waals surface area (Å²) in [6, 6.07) is 0. The second kappa shape index (κ2) is 6.99. The number of allylic oxidation sites excluding steroid dienone is 1. The number of ketones is 1. The largest absolute Gasteiger partial charge is 0.396 e. The summed E-state index contributed by atoms with van der Waals surface area (Å²) in [5, 5.41) is 19.4. The van der Waals surface area contributed by atoms with Crippen molar-refractivity contribution in [3.05, 3.63) is 11.6 Å². The van der Waals surface area contributed by atoms with Gasteiger partial charge in [-0.05, 0) is 98.4 Å². The van der Waals surface area contributed by atoms with E-state index in [9.17, 15) is 15.0 Å². The highest BCUT2D eigenvalue weighted by Gasteiger charge is 2.61. The van der Waals surface area contributed by atoms with Crippen LogP contribution in [0.2, 0.25) is 0 Å². The molecule has 0 amide bonds. The molecule has 4 aliphatic rings. The number of hydrogen-bond donors (Lipinski definition) is 2. The molecule has 0 radical (unpaired) electrons. The van der Waals surface area contributed by atoms with Crippen molar-refractivity contribution in [3.8, 4) is 0 Å². The molecule has 3 heteroatoms. The van der Waals surface area contributed by atoms with E-state index >= 15 is 0 Å². The molecule has 8 atom stereocenters. The van der Waals surface area contributed by atoms with E-state index in [2.05, 4.69) is 20.8 Å². The van der Waals surface area contributed by atoms with Gasteiger partial charge in [-0.2, -0.15) is 0 Å². The SMILES string of the molecule is C[C@H](CCCO)[C@H]1CC[C@H]2[C@@H]3C(=O)C=C4C[C@@H](O)CC[C@]4(C)[C@H]3CC[C@]12C. The quantitative estimate of drug-likeness (QED) is 0.761. The maximum absolute atomic E-state index is 13.3. The van der Waals surface area contributed by atoms with Crippen LogP contribution in [0.1, 0.15) is 78.6 Å². The molecule has 4 aliphatic carbocycles. The Morgan fingerprint density at radius 1 is 1.15 bits per heavy atom. The molecular weight excluding hydrogens is 336 g/mol. The first-order chi connectivity index (χ1) is 12.8. The van der Waals surface area contributed by atoms with Crippen LogP contribution in [0.3, 0.4) is 0 Å². The van der Waals surface area contributed by atoms with Crippen LogP contribution in [0, 0.1) is 40.4 Å². The molecule has 3 fully saturated rings. The van der Waals surface area contributed by atoms with Crippen molar-refractivity contribution in [1.82, 2.24) is 0 Å². The maximum atomic E-state index is 13.3. The standard InChI is InChI=1S/C24H38O3/c1-15(5-4-12-25)18-6-7-19-22-20(9-11-24(18,19)3)23(2)10-8-17(26)13-16(23)14-21(22)27/h14-15,17-20,22,25-26H,4-13H2,1-3H3/t15-,17+,18-,19+,20+,22+,23+,24-/m1/s1. The highest BCUT2D eigenvalue weighted by molar-refractivity contribution is 5.94. The highest BCUT2D eigenvalue weighted by atomic mass is 16.3. The van der Waals surface area contributed by atoms with Crippen molar-refractivity contribution in [2.45, 2.75) is 84.7 Å². The number of rotatable bonds is 4. The lowest BCUT2D eigenvalue weighted by Gasteiger charge is -2.57. The van der Waals surface area contributed by atoms with Gasteiger partial charge in [-0.15, -0.1) is 0 Å². The van der Waals surface area contributed by atoms with E-state index in [0.29, 0.717) is 35.9 Å². The summed E-state index contributed by atoms with van der Waals surface area (Å²) in [6.07, 6.45) is 11.2. The van der Waals surface area contributed by atoms with Gasteiger partial charge in [-0.1, -0.05) is 26.3 Å². The molecule has 0 bridgehead atoms. The first-order valence-electron chi connectivity index (χ1n) is 11.3. The van der Waals surface area contributed by atoms with E-state index in [0.717, 1.165) is 32.1 Å². The Bertz CT molecular complexity index is 625. The number of fused-ring (bicyclic) bond motifs is 5. The van der Waals surface area contributed by atoms with Gasteiger partial charge in [0.2, 0.25) is 0 Å². The Morgan fingerprint density at radius 2 is 1.93 bits per heavy atom. The molecule has 0 aromatic carbocycles. The van der Waals surface area contributed by atoms with Gasteiger partial charge in [0.1, 0.15) is 0 Å². The number of carbonyl (C=O) groups excluding carboxylic acids is 1. The maximum Gasteiger partial charge on any atom is 0.159 e. The zero-order valence-corrected chi connectivity index (χ0v) is 17.4. The van der Waals surface area contributed by atoms with E-state index in [1.165, 1.54) is 24.8 Å². The van der Waals surface area contributed by atoms with Crippen LogP contribution in [-0.2, 0) is 4.79 Å². The molecular formula is C24H38O3. The molecule has 0 aliphatic heterocycles. The van der Waals surface area contributed by atoms with Crippen LogP contribution in [0.5, 0.6) is 0 Å². The lowest BCUT2D eigenvalue weighted by Crippen LogP contribution is -2.53. The Morgan fingerprint density at radius 3 is 2.67 bits per heavy atom. The minimum absolute atomic E-state index is 0.125. The molecule has 0 spiro atoms. The second-order valence-electron chi connectivity index (χ2n) is 10.7. The van der Waals surface area contributed by atoms with Crippen molar-refractivity contribution >= 4 is 5.78 Å². The van der Waals surface area contributed by atoms with Crippen LogP contribution in [0.25, 0.3) is 0 Å². The molecule has 0 heterocycles. The minimum Gasteiger partial charge on any atom is -0.396 e. The first-order valence-corrected chi connectivity index (χ1v) is 11.3. The predicted molar refractivity (Wildman–Crippen MR) is 107 cm³/mol. The van der Waals surface area contributed by atoms with Gasteiger partial charge in [0.15, 0.2) is 5.78 Å². The summed E-state index contributed by atoms with van der Waals surface area (Å²) >= 11 is 0. The zero-order chi connectivity index (χ0) is 19.4. The Balaban J connectivity index is 1.62. The molecule has 152 valence electrons. The van der Waals surface area contributed by atoms with E-state index in [1.54, 1.807) is 0 Å². The molecule has 3 nitrogen and oxygen atoms in total. The van der Waals surface area contributed by atoms with Crippen molar-refractivity contribution < 1.29 is 15.0 Å². The van der Waals surface area contributed by atoms with E-state index in [-0.39, 0.29) is 29.5 Å². The van der Waals surface area contributed by atoms with Crippen LogP contribution < -0.4 is 0 Å². The van der Waals surface area contributed by atoms with Crippen LogP contribution >= 0.6 is 0 Å². The van der Waals surface area contributed by atoms with Crippen LogP contribution in [0.4, 0.5) is 0 Å². The third kappa shape index (κ3) is 2.95. The van der Waals surface area contributed by atoms with Gasteiger partial charge in [0, 0.05) is 12.5 Å². The van der Waals surface area contributed by atoms with Gasteiger partial charge >= 0.3 is 0 Å². The monoisotopic (exact) mass is 374 g/mol. The fourth-order valence-electron chi connectivity index (χ4n) is 7.97. The smallest absolute Gasteiger partial charge is 0.159 e. The average molecular weight is 375 g/mol. The van der Waals surface area contributed by atoms with Gasteiger partial charge in [-0.25, -0.2) is 0 Å². The predicted octanol–water partition coefficient (Wildman–Crippen LogP) is 4.51. The first kappa shape index (κ1) is 19.6. The number of aliphatic hydroxyl groups excluding tert-OH is 2. The Hall–Kier alpha value is -0.670. The summed E-state index contributed by atoms with van der Waals surface area (Å²) in [4.78, 5) is 13.3. The molecule has 2 N–H and O–H groups in total. The molecule has 0 aromatic rings. The molecule has 27 heavy (non-hydrogen) atoms. The van der Waals surface area contributed by atoms with Crippen molar-refractivity contribution in [3.63, 3.8) is 0 Å². The van der Waals surface area contributed by atoms with Crippen LogP contribution in [0.15, 0.2) is 11.6 Å². The fourth-order valence-corrected chi connectivity index (χ4v) is 7.97. The summed E-state index contributed by atoms with van der Waals surface area (Å²) in [5.74, 6) is 2.88. The summed E-state index contributed by atoms with van der Waals surface area (Å²) in [5.41, 5.74) is 1.64. The number of hydrogen-bond acceptors (Lipinski definition) is 3. The molecule has 4 rings (SSSR count).